The highest BCUT2D eigenvalue weighted by Crippen LogP contribution is 2.13. The molecule has 3 N–H and O–H groups in total. The maximum atomic E-state index is 12.5. The monoisotopic (exact) mass is 319 g/mol. The maximum Gasteiger partial charge on any atom is 0.262 e. The van der Waals surface area contributed by atoms with Gasteiger partial charge in [-0.15, -0.1) is 0 Å². The van der Waals surface area contributed by atoms with E-state index in [0.717, 1.165) is 0 Å². The smallest absolute Gasteiger partial charge is 0.262 e. The van der Waals surface area contributed by atoms with E-state index in [2.05, 4.69) is 10.1 Å². The Bertz CT molecular complexity index is 569. The van der Waals surface area contributed by atoms with E-state index in [4.69, 9.17) is 15.7 Å². The van der Waals surface area contributed by atoms with Crippen LogP contribution in [0.1, 0.15) is 13.3 Å². The quantitative estimate of drug-likeness (QED) is 0.278. The van der Waals surface area contributed by atoms with E-state index in [1.807, 2.05) is 6.92 Å². The average molecular weight is 319 g/mol. The van der Waals surface area contributed by atoms with Gasteiger partial charge in [0, 0.05) is 39.4 Å². The zero-order valence-corrected chi connectivity index (χ0v) is 13.0. The predicted molar refractivity (Wildman–Crippen MR) is 76.6 cm³/mol. The second-order valence-corrected chi connectivity index (χ2v) is 6.17. The first-order valence-electron chi connectivity index (χ1n) is 6.43. The summed E-state index contributed by atoms with van der Waals surface area (Å²) in [5.74, 6) is -0.0355. The third-order valence-electron chi connectivity index (χ3n) is 2.87. The van der Waals surface area contributed by atoms with Crippen LogP contribution in [0.15, 0.2) is 22.7 Å². The molecule has 0 aromatic carbocycles. The molecule has 0 aliphatic rings. The molecular formula is C11H21N5O4S. The Morgan fingerprint density at radius 2 is 2.29 bits per heavy atom. The zero-order chi connectivity index (χ0) is 15.9. The molecule has 9 nitrogen and oxygen atoms in total. The van der Waals surface area contributed by atoms with Crippen LogP contribution >= 0.6 is 0 Å². The van der Waals surface area contributed by atoms with Crippen LogP contribution in [0.25, 0.3) is 0 Å². The average Bonchev–Trinajstić information content (AvgIpc) is 2.96. The summed E-state index contributed by atoms with van der Waals surface area (Å²) in [4.78, 5) is 3.92. The molecule has 0 aliphatic heterocycles. The SMILES string of the molecule is CCn1cnc(S(=O)(=O)N(CCOC)CCC(N)=NO)c1. The third kappa shape index (κ3) is 4.69. The highest BCUT2D eigenvalue weighted by molar-refractivity contribution is 7.89. The molecule has 0 aliphatic carbocycles. The molecule has 0 saturated heterocycles. The fraction of sp³-hybridized carbons (Fsp3) is 0.636. The van der Waals surface area contributed by atoms with Crippen LogP contribution in [0.3, 0.4) is 0 Å². The minimum absolute atomic E-state index is 0.0278. The summed E-state index contributed by atoms with van der Waals surface area (Å²) in [6.45, 7) is 3.00. The van der Waals surface area contributed by atoms with Crippen LogP contribution in [0.4, 0.5) is 0 Å². The summed E-state index contributed by atoms with van der Waals surface area (Å²) in [6, 6.07) is 0. The summed E-state index contributed by atoms with van der Waals surface area (Å²) < 4.78 is 32.8. The topological polar surface area (TPSA) is 123 Å². The lowest BCUT2D eigenvalue weighted by molar-refractivity contribution is 0.179. The number of sulfonamides is 1. The number of oxime groups is 1. The van der Waals surface area contributed by atoms with E-state index in [1.165, 1.54) is 23.9 Å². The zero-order valence-electron chi connectivity index (χ0n) is 12.1. The molecule has 1 rings (SSSR count). The summed E-state index contributed by atoms with van der Waals surface area (Å²) in [5.41, 5.74) is 5.39. The van der Waals surface area contributed by atoms with E-state index in [1.54, 1.807) is 4.57 Å². The van der Waals surface area contributed by atoms with Crippen molar-refractivity contribution in [1.82, 2.24) is 13.9 Å². The number of aryl methyl sites for hydroxylation is 1. The van der Waals surface area contributed by atoms with Gasteiger partial charge in [0.2, 0.25) is 0 Å². The van der Waals surface area contributed by atoms with E-state index >= 15 is 0 Å². The lowest BCUT2D eigenvalue weighted by atomic mass is 10.4. The van der Waals surface area contributed by atoms with E-state index in [0.29, 0.717) is 6.54 Å². The second-order valence-electron chi connectivity index (χ2n) is 4.28. The summed E-state index contributed by atoms with van der Waals surface area (Å²) >= 11 is 0. The molecule has 0 bridgehead atoms. The first-order valence-corrected chi connectivity index (χ1v) is 7.87. The standard InChI is InChI=1S/C11H21N5O4S/c1-3-15-8-11(13-9-15)21(18,19)16(6-7-20-2)5-4-10(12)14-17/h8-9,17H,3-7H2,1-2H3,(H2,12,14). The van der Waals surface area contributed by atoms with Crippen LogP contribution in [0, 0.1) is 0 Å². The summed E-state index contributed by atoms with van der Waals surface area (Å²) in [6.07, 6.45) is 3.05. The Labute approximate surface area is 124 Å². The van der Waals surface area contributed by atoms with Crippen molar-refractivity contribution >= 4 is 15.9 Å². The number of hydrogen-bond donors (Lipinski definition) is 2. The summed E-state index contributed by atoms with van der Waals surface area (Å²) in [7, 11) is -2.25. The molecule has 0 atom stereocenters. The molecule has 0 unspecified atom stereocenters. The lowest BCUT2D eigenvalue weighted by Gasteiger charge is -2.20. The van der Waals surface area contributed by atoms with Gasteiger partial charge in [-0.1, -0.05) is 5.16 Å². The predicted octanol–water partition coefficient (Wildman–Crippen LogP) is -0.323. The van der Waals surface area contributed by atoms with Crippen molar-refractivity contribution in [3.63, 3.8) is 0 Å². The fourth-order valence-corrected chi connectivity index (χ4v) is 2.97. The minimum Gasteiger partial charge on any atom is -0.409 e. The van der Waals surface area contributed by atoms with Crippen molar-refractivity contribution in [1.29, 1.82) is 0 Å². The van der Waals surface area contributed by atoms with Gasteiger partial charge in [-0.05, 0) is 6.92 Å². The Morgan fingerprint density at radius 3 is 2.81 bits per heavy atom. The lowest BCUT2D eigenvalue weighted by Crippen LogP contribution is -2.36. The number of amidine groups is 1. The Morgan fingerprint density at radius 1 is 1.57 bits per heavy atom. The van der Waals surface area contributed by atoms with Gasteiger partial charge in [0.1, 0.15) is 5.84 Å². The van der Waals surface area contributed by atoms with E-state index < -0.39 is 10.0 Å². The molecule has 10 heteroatoms. The van der Waals surface area contributed by atoms with Crippen molar-refractivity contribution in [2.45, 2.75) is 24.9 Å². The normalized spacial score (nSPS) is 13.0. The van der Waals surface area contributed by atoms with Crippen LogP contribution in [0.5, 0.6) is 0 Å². The van der Waals surface area contributed by atoms with Crippen LogP contribution in [-0.4, -0.2) is 60.1 Å². The fourth-order valence-electron chi connectivity index (χ4n) is 1.61. The van der Waals surface area contributed by atoms with Gasteiger partial charge < -0.3 is 20.2 Å². The van der Waals surface area contributed by atoms with Crippen molar-refractivity contribution < 1.29 is 18.4 Å². The third-order valence-corrected chi connectivity index (χ3v) is 4.65. The Balaban J connectivity index is 2.93. The minimum atomic E-state index is -3.74. The number of aromatic nitrogens is 2. The molecule has 0 spiro atoms. The number of nitrogens with two attached hydrogens (primary N) is 1. The van der Waals surface area contributed by atoms with Gasteiger partial charge >= 0.3 is 0 Å². The molecular weight excluding hydrogens is 298 g/mol. The molecule has 0 amide bonds. The first kappa shape index (κ1) is 17.4. The van der Waals surface area contributed by atoms with Gasteiger partial charge in [-0.2, -0.15) is 4.31 Å². The highest BCUT2D eigenvalue weighted by atomic mass is 32.2. The molecule has 120 valence electrons. The number of methoxy groups -OCH3 is 1. The van der Waals surface area contributed by atoms with Crippen molar-refractivity contribution in [3.05, 3.63) is 12.5 Å². The first-order chi connectivity index (χ1) is 9.95. The van der Waals surface area contributed by atoms with Gasteiger partial charge in [-0.25, -0.2) is 13.4 Å². The molecule has 0 fully saturated rings. The molecule has 1 aromatic heterocycles. The van der Waals surface area contributed by atoms with Gasteiger partial charge in [-0.3, -0.25) is 0 Å². The van der Waals surface area contributed by atoms with Crippen molar-refractivity contribution in [2.75, 3.05) is 26.8 Å². The van der Waals surface area contributed by atoms with Gasteiger partial charge in [0.15, 0.2) is 5.03 Å². The van der Waals surface area contributed by atoms with Crippen molar-refractivity contribution in [3.8, 4) is 0 Å². The Hall–Kier alpha value is -1.65. The molecule has 1 heterocycles. The van der Waals surface area contributed by atoms with Crippen molar-refractivity contribution in [2.24, 2.45) is 10.9 Å². The van der Waals surface area contributed by atoms with Gasteiger partial charge in [0.25, 0.3) is 10.0 Å². The largest absolute Gasteiger partial charge is 0.409 e. The number of rotatable bonds is 9. The maximum absolute atomic E-state index is 12.5. The van der Waals surface area contributed by atoms with E-state index in [9.17, 15) is 8.42 Å². The molecule has 0 radical (unpaired) electrons. The number of hydrogen-bond acceptors (Lipinski definition) is 6. The Kier molecular flexibility index (Phi) is 6.59. The second kappa shape index (κ2) is 7.96. The highest BCUT2D eigenvalue weighted by Gasteiger charge is 2.26. The summed E-state index contributed by atoms with van der Waals surface area (Å²) in [5, 5.41) is 11.3. The number of ether oxygens (including phenoxy) is 1. The van der Waals surface area contributed by atoms with Gasteiger partial charge in [0.05, 0.1) is 12.9 Å². The van der Waals surface area contributed by atoms with Crippen LogP contribution in [0.2, 0.25) is 0 Å². The van der Waals surface area contributed by atoms with Crippen LogP contribution < -0.4 is 5.73 Å². The number of nitrogens with zero attached hydrogens (tertiary/aromatic N) is 4. The molecule has 0 saturated carbocycles. The van der Waals surface area contributed by atoms with Crippen LogP contribution in [-0.2, 0) is 21.3 Å². The molecule has 1 aromatic rings. The van der Waals surface area contributed by atoms with E-state index in [-0.39, 0.29) is 37.0 Å². The number of imidazole rings is 1. The molecule has 21 heavy (non-hydrogen) atoms.